The molecule has 0 bridgehead atoms. The lowest BCUT2D eigenvalue weighted by Gasteiger charge is -2.05. The summed E-state index contributed by atoms with van der Waals surface area (Å²) in [5, 5.41) is 7.97. The molecule has 0 saturated carbocycles. The maximum absolute atomic E-state index is 13.1. The molecule has 0 aliphatic carbocycles. The number of aromatic amines is 1. The van der Waals surface area contributed by atoms with Crippen LogP contribution in [0.1, 0.15) is 11.4 Å². The van der Waals surface area contributed by atoms with Crippen molar-refractivity contribution in [1.82, 2.24) is 20.2 Å². The zero-order valence-corrected chi connectivity index (χ0v) is 12.7. The summed E-state index contributed by atoms with van der Waals surface area (Å²) in [6.45, 7) is 0.515. The quantitative estimate of drug-likeness (QED) is 0.724. The van der Waals surface area contributed by atoms with Crippen LogP contribution in [0.25, 0.3) is 11.0 Å². The minimum atomic E-state index is -0.449. The van der Waals surface area contributed by atoms with Crippen LogP contribution in [0.5, 0.6) is 0 Å². The van der Waals surface area contributed by atoms with Gasteiger partial charge in [0.25, 0.3) is 5.56 Å². The molecule has 0 aliphatic heterocycles. The molecular weight excluding hydrogens is 323 g/mol. The van der Waals surface area contributed by atoms with Crippen molar-refractivity contribution in [1.29, 1.82) is 0 Å². The number of ether oxygens (including phenoxy) is 1. The number of rotatable bonds is 5. The molecule has 2 heterocycles. The molecule has 118 valence electrons. The Morgan fingerprint density at radius 1 is 1.30 bits per heavy atom. The van der Waals surface area contributed by atoms with Crippen LogP contribution in [0.4, 0.5) is 4.39 Å². The van der Waals surface area contributed by atoms with Gasteiger partial charge in [0.05, 0.1) is 23.2 Å². The summed E-state index contributed by atoms with van der Waals surface area (Å²) in [5.74, 6) is -0.0736. The molecule has 2 aromatic heterocycles. The first kappa shape index (κ1) is 15.5. The van der Waals surface area contributed by atoms with E-state index in [2.05, 4.69) is 20.2 Å². The zero-order chi connectivity index (χ0) is 16.2. The smallest absolute Gasteiger partial charge is 0.260 e. The zero-order valence-electron chi connectivity index (χ0n) is 11.9. The Morgan fingerprint density at radius 3 is 3.00 bits per heavy atom. The van der Waals surface area contributed by atoms with Crippen molar-refractivity contribution in [3.8, 4) is 0 Å². The largest absolute Gasteiger partial charge is 0.373 e. The highest BCUT2D eigenvalue weighted by atomic mass is 35.5. The van der Waals surface area contributed by atoms with Crippen LogP contribution in [-0.2, 0) is 17.8 Å². The van der Waals surface area contributed by atoms with Crippen LogP contribution in [0.2, 0.25) is 5.02 Å². The van der Waals surface area contributed by atoms with Gasteiger partial charge in [-0.25, -0.2) is 9.37 Å². The predicted octanol–water partition coefficient (Wildman–Crippen LogP) is 2.26. The molecule has 0 spiro atoms. The first-order chi connectivity index (χ1) is 11.1. The van der Waals surface area contributed by atoms with Crippen molar-refractivity contribution in [2.45, 2.75) is 13.0 Å². The average Bonchev–Trinajstić information content (AvgIpc) is 2.55. The van der Waals surface area contributed by atoms with Crippen LogP contribution in [0.3, 0.4) is 0 Å². The summed E-state index contributed by atoms with van der Waals surface area (Å²) in [7, 11) is 0. The van der Waals surface area contributed by atoms with Gasteiger partial charge in [0.1, 0.15) is 18.2 Å². The molecule has 6 nitrogen and oxygen atoms in total. The van der Waals surface area contributed by atoms with Gasteiger partial charge in [0, 0.05) is 0 Å². The van der Waals surface area contributed by atoms with E-state index in [1.807, 2.05) is 0 Å². The number of hydrogen-bond donors (Lipinski definition) is 1. The van der Waals surface area contributed by atoms with E-state index in [4.69, 9.17) is 16.3 Å². The Morgan fingerprint density at radius 2 is 2.17 bits per heavy atom. The molecule has 1 N–H and O–H groups in total. The Bertz CT molecular complexity index is 900. The van der Waals surface area contributed by atoms with Gasteiger partial charge < -0.3 is 9.72 Å². The summed E-state index contributed by atoms with van der Waals surface area (Å²) in [5.41, 5.74) is 0.858. The Balaban J connectivity index is 1.60. The molecule has 1 aromatic carbocycles. The highest BCUT2D eigenvalue weighted by molar-refractivity contribution is 6.30. The minimum Gasteiger partial charge on any atom is -0.373 e. The van der Waals surface area contributed by atoms with Gasteiger partial charge in [-0.1, -0.05) is 17.7 Å². The average molecular weight is 335 g/mol. The number of nitrogens with one attached hydrogen (secondary N) is 1. The van der Waals surface area contributed by atoms with E-state index in [1.165, 1.54) is 12.3 Å². The van der Waals surface area contributed by atoms with Crippen molar-refractivity contribution in [3.05, 3.63) is 63.0 Å². The van der Waals surface area contributed by atoms with Crippen molar-refractivity contribution >= 4 is 22.6 Å². The van der Waals surface area contributed by atoms with E-state index in [-0.39, 0.29) is 22.8 Å². The van der Waals surface area contributed by atoms with E-state index in [1.54, 1.807) is 18.2 Å². The maximum atomic E-state index is 13.1. The Kier molecular flexibility index (Phi) is 4.59. The standard InChI is InChI=1S/C15H12ClFN4O2/c16-11-7-9(1-2-12(11)17)4-6-23-8-13-19-14-10(15(22)20-13)3-5-18-21-14/h1-3,5,7H,4,6,8H2,(H,19,20,21,22). The highest BCUT2D eigenvalue weighted by Gasteiger charge is 2.05. The molecule has 8 heteroatoms. The number of H-pyrrole nitrogens is 1. The predicted molar refractivity (Wildman–Crippen MR) is 82.7 cm³/mol. The van der Waals surface area contributed by atoms with Gasteiger partial charge in [-0.2, -0.15) is 5.10 Å². The van der Waals surface area contributed by atoms with Gasteiger partial charge >= 0.3 is 0 Å². The number of benzene rings is 1. The second-order valence-electron chi connectivity index (χ2n) is 4.83. The van der Waals surface area contributed by atoms with Gasteiger partial charge in [-0.3, -0.25) is 4.79 Å². The summed E-state index contributed by atoms with van der Waals surface area (Å²) in [4.78, 5) is 18.7. The second-order valence-corrected chi connectivity index (χ2v) is 5.24. The van der Waals surface area contributed by atoms with Gasteiger partial charge in [0.2, 0.25) is 0 Å². The van der Waals surface area contributed by atoms with Gasteiger partial charge in [-0.15, -0.1) is 5.10 Å². The van der Waals surface area contributed by atoms with E-state index >= 15 is 0 Å². The molecule has 0 unspecified atom stereocenters. The summed E-state index contributed by atoms with van der Waals surface area (Å²) in [6.07, 6.45) is 2.00. The fraction of sp³-hybridized carbons (Fsp3) is 0.200. The van der Waals surface area contributed by atoms with Crippen molar-refractivity contribution in [2.75, 3.05) is 6.61 Å². The number of fused-ring (bicyclic) bond motifs is 1. The van der Waals surface area contributed by atoms with Crippen LogP contribution >= 0.6 is 11.6 Å². The van der Waals surface area contributed by atoms with E-state index in [0.717, 1.165) is 5.56 Å². The Labute approximate surface area is 135 Å². The number of hydrogen-bond acceptors (Lipinski definition) is 5. The van der Waals surface area contributed by atoms with Crippen molar-refractivity contribution < 1.29 is 9.13 Å². The number of nitrogens with zero attached hydrogens (tertiary/aromatic N) is 3. The molecule has 3 rings (SSSR count). The summed E-state index contributed by atoms with van der Waals surface area (Å²) >= 11 is 5.72. The second kappa shape index (κ2) is 6.80. The molecular formula is C15H12ClFN4O2. The van der Waals surface area contributed by atoms with Crippen LogP contribution < -0.4 is 5.56 Å². The van der Waals surface area contributed by atoms with Gasteiger partial charge in [0.15, 0.2) is 5.65 Å². The molecule has 23 heavy (non-hydrogen) atoms. The van der Waals surface area contributed by atoms with Crippen LogP contribution in [0, 0.1) is 5.82 Å². The SMILES string of the molecule is O=c1[nH]c(COCCc2ccc(F)c(Cl)c2)nc2nnccc12. The molecule has 0 fully saturated rings. The first-order valence-electron chi connectivity index (χ1n) is 6.86. The lowest BCUT2D eigenvalue weighted by atomic mass is 10.1. The third-order valence-corrected chi connectivity index (χ3v) is 3.49. The van der Waals surface area contributed by atoms with E-state index in [0.29, 0.717) is 24.2 Å². The number of aromatic nitrogens is 4. The topological polar surface area (TPSA) is 80.8 Å². The normalized spacial score (nSPS) is 11.0. The highest BCUT2D eigenvalue weighted by Crippen LogP contribution is 2.16. The third-order valence-electron chi connectivity index (χ3n) is 3.20. The molecule has 3 aromatic rings. The van der Waals surface area contributed by atoms with Crippen molar-refractivity contribution in [3.63, 3.8) is 0 Å². The van der Waals surface area contributed by atoms with Crippen LogP contribution in [0.15, 0.2) is 35.3 Å². The molecule has 0 radical (unpaired) electrons. The minimum absolute atomic E-state index is 0.0848. The molecule has 0 saturated heterocycles. The molecule has 0 aliphatic rings. The third kappa shape index (κ3) is 3.69. The van der Waals surface area contributed by atoms with E-state index < -0.39 is 5.82 Å². The maximum Gasteiger partial charge on any atom is 0.260 e. The molecule has 0 atom stereocenters. The Hall–Kier alpha value is -2.38. The summed E-state index contributed by atoms with van der Waals surface area (Å²) in [6, 6.07) is 6.08. The van der Waals surface area contributed by atoms with Crippen molar-refractivity contribution in [2.24, 2.45) is 0 Å². The van der Waals surface area contributed by atoms with E-state index in [9.17, 15) is 9.18 Å². The first-order valence-corrected chi connectivity index (χ1v) is 7.23. The lowest BCUT2D eigenvalue weighted by molar-refractivity contribution is 0.118. The molecule has 0 amide bonds. The monoisotopic (exact) mass is 334 g/mol. The lowest BCUT2D eigenvalue weighted by Crippen LogP contribution is -2.14. The van der Waals surface area contributed by atoms with Crippen LogP contribution in [-0.4, -0.2) is 26.8 Å². The fourth-order valence-corrected chi connectivity index (χ4v) is 2.26. The fourth-order valence-electron chi connectivity index (χ4n) is 2.06. The van der Waals surface area contributed by atoms with Gasteiger partial charge in [-0.05, 0) is 30.2 Å². The summed E-state index contributed by atoms with van der Waals surface area (Å²) < 4.78 is 18.5. The number of halogens is 2.